The van der Waals surface area contributed by atoms with Gasteiger partial charge in [0.25, 0.3) is 0 Å². The van der Waals surface area contributed by atoms with Crippen LogP contribution in [-0.4, -0.2) is 16.0 Å². The molecule has 0 N–H and O–H groups in total. The average Bonchev–Trinajstić information content (AvgIpc) is 3.03. The largest absolute Gasteiger partial charge is 0.494 e. The van der Waals surface area contributed by atoms with Crippen LogP contribution < -0.4 is 4.74 Å². The molecule has 1 aromatic carbocycles. The molecule has 3 nitrogen and oxygen atoms in total. The highest BCUT2D eigenvalue weighted by atomic mass is 32.1. The molecule has 104 valence electrons. The summed E-state index contributed by atoms with van der Waals surface area (Å²) in [6, 6.07) is 8.18. The maximum Gasteiger partial charge on any atom is 0.194 e. The summed E-state index contributed by atoms with van der Waals surface area (Å²) < 4.78 is 7.81. The Morgan fingerprint density at radius 1 is 1.25 bits per heavy atom. The molecule has 3 rings (SSSR count). The van der Waals surface area contributed by atoms with Gasteiger partial charge in [0.1, 0.15) is 5.75 Å². The number of hydrogen-bond acceptors (Lipinski definition) is 3. The van der Waals surface area contributed by atoms with Gasteiger partial charge in [-0.15, -0.1) is 11.3 Å². The Balaban J connectivity index is 1.79. The molecule has 0 aliphatic carbocycles. The summed E-state index contributed by atoms with van der Waals surface area (Å²) in [5.41, 5.74) is 3.37. The Morgan fingerprint density at radius 2 is 2.05 bits per heavy atom. The zero-order chi connectivity index (χ0) is 13.9. The van der Waals surface area contributed by atoms with Crippen LogP contribution >= 0.6 is 11.3 Å². The second-order valence-corrected chi connectivity index (χ2v) is 5.72. The zero-order valence-electron chi connectivity index (χ0n) is 11.8. The number of aryl methyl sites for hydroxylation is 1. The lowest BCUT2D eigenvalue weighted by Crippen LogP contribution is -1.95. The number of hydrogen-bond donors (Lipinski definition) is 0. The Kier molecular flexibility index (Phi) is 3.74. The van der Waals surface area contributed by atoms with E-state index in [0.717, 1.165) is 41.4 Å². The summed E-state index contributed by atoms with van der Waals surface area (Å²) in [6.07, 6.45) is 4.34. The third-order valence-electron chi connectivity index (χ3n) is 3.31. The van der Waals surface area contributed by atoms with Gasteiger partial charge in [-0.2, -0.15) is 0 Å². The smallest absolute Gasteiger partial charge is 0.194 e. The summed E-state index contributed by atoms with van der Waals surface area (Å²) in [4.78, 5) is 5.69. The molecule has 0 aliphatic rings. The monoisotopic (exact) mass is 286 g/mol. The summed E-state index contributed by atoms with van der Waals surface area (Å²) in [7, 11) is 0. The maximum atomic E-state index is 5.68. The predicted octanol–water partition coefficient (Wildman–Crippen LogP) is 4.55. The standard InChI is InChI=1S/C16H18N2OS/c1-3-4-9-19-14-7-5-13(6-8-14)15-10-18-12(2)11-20-16(18)17-15/h5-8,10-11H,3-4,9H2,1-2H3. The molecular formula is C16H18N2OS. The van der Waals surface area contributed by atoms with Crippen LogP contribution in [0.15, 0.2) is 35.8 Å². The van der Waals surface area contributed by atoms with Crippen LogP contribution in [0.25, 0.3) is 16.2 Å². The van der Waals surface area contributed by atoms with Gasteiger partial charge in [-0.1, -0.05) is 13.3 Å². The van der Waals surface area contributed by atoms with Gasteiger partial charge >= 0.3 is 0 Å². The van der Waals surface area contributed by atoms with Crippen LogP contribution in [0.3, 0.4) is 0 Å². The molecule has 0 atom stereocenters. The predicted molar refractivity (Wildman–Crippen MR) is 83.6 cm³/mol. The lowest BCUT2D eigenvalue weighted by molar-refractivity contribution is 0.309. The highest BCUT2D eigenvalue weighted by Gasteiger charge is 2.07. The fourth-order valence-electron chi connectivity index (χ4n) is 2.09. The third kappa shape index (κ3) is 2.56. The van der Waals surface area contributed by atoms with E-state index >= 15 is 0 Å². The number of ether oxygens (including phenoxy) is 1. The topological polar surface area (TPSA) is 26.5 Å². The highest BCUT2D eigenvalue weighted by Crippen LogP contribution is 2.25. The minimum Gasteiger partial charge on any atom is -0.494 e. The summed E-state index contributed by atoms with van der Waals surface area (Å²) in [6.45, 7) is 5.05. The van der Waals surface area contributed by atoms with E-state index in [1.54, 1.807) is 11.3 Å². The zero-order valence-corrected chi connectivity index (χ0v) is 12.6. The molecule has 0 saturated carbocycles. The van der Waals surface area contributed by atoms with Crippen molar-refractivity contribution in [3.63, 3.8) is 0 Å². The van der Waals surface area contributed by atoms with E-state index in [1.807, 2.05) is 12.1 Å². The molecule has 0 aliphatic heterocycles. The van der Waals surface area contributed by atoms with Crippen molar-refractivity contribution in [3.8, 4) is 17.0 Å². The number of unbranched alkanes of at least 4 members (excludes halogenated alkanes) is 1. The average molecular weight is 286 g/mol. The molecule has 0 amide bonds. The Hall–Kier alpha value is -1.81. The van der Waals surface area contributed by atoms with Gasteiger partial charge in [-0.3, -0.25) is 4.40 Å². The van der Waals surface area contributed by atoms with Crippen LogP contribution in [0.1, 0.15) is 25.5 Å². The van der Waals surface area contributed by atoms with Crippen LogP contribution in [-0.2, 0) is 0 Å². The van der Waals surface area contributed by atoms with E-state index in [0.29, 0.717) is 0 Å². The summed E-state index contributed by atoms with van der Waals surface area (Å²) in [5.74, 6) is 0.930. The highest BCUT2D eigenvalue weighted by molar-refractivity contribution is 7.15. The maximum absolute atomic E-state index is 5.68. The van der Waals surface area contributed by atoms with Gasteiger partial charge in [0, 0.05) is 22.8 Å². The van der Waals surface area contributed by atoms with E-state index in [4.69, 9.17) is 4.74 Å². The molecule has 0 bridgehead atoms. The van der Waals surface area contributed by atoms with E-state index < -0.39 is 0 Å². The Labute approximate surface area is 122 Å². The number of rotatable bonds is 5. The van der Waals surface area contributed by atoms with E-state index in [9.17, 15) is 0 Å². The second-order valence-electron chi connectivity index (χ2n) is 4.88. The van der Waals surface area contributed by atoms with Crippen molar-refractivity contribution in [2.24, 2.45) is 0 Å². The molecule has 2 aromatic heterocycles. The van der Waals surface area contributed by atoms with Gasteiger partial charge in [0.15, 0.2) is 4.96 Å². The van der Waals surface area contributed by atoms with Gasteiger partial charge in [-0.05, 0) is 37.6 Å². The van der Waals surface area contributed by atoms with Crippen molar-refractivity contribution >= 4 is 16.3 Å². The van der Waals surface area contributed by atoms with Gasteiger partial charge < -0.3 is 4.74 Å². The fourth-order valence-corrected chi connectivity index (χ4v) is 2.94. The van der Waals surface area contributed by atoms with E-state index in [1.165, 1.54) is 5.69 Å². The fraction of sp³-hybridized carbons (Fsp3) is 0.312. The van der Waals surface area contributed by atoms with Gasteiger partial charge in [0.2, 0.25) is 0 Å². The number of benzene rings is 1. The quantitative estimate of drug-likeness (QED) is 0.643. The molecule has 0 saturated heterocycles. The van der Waals surface area contributed by atoms with Crippen molar-refractivity contribution in [2.75, 3.05) is 6.61 Å². The first-order chi connectivity index (χ1) is 9.78. The minimum absolute atomic E-state index is 0.787. The van der Waals surface area contributed by atoms with Crippen molar-refractivity contribution in [2.45, 2.75) is 26.7 Å². The van der Waals surface area contributed by atoms with E-state index in [-0.39, 0.29) is 0 Å². The lowest BCUT2D eigenvalue weighted by Gasteiger charge is -2.05. The molecule has 0 fully saturated rings. The van der Waals surface area contributed by atoms with Crippen LogP contribution in [0.2, 0.25) is 0 Å². The van der Waals surface area contributed by atoms with Crippen molar-refractivity contribution in [1.29, 1.82) is 0 Å². The number of thiazole rings is 1. The molecule has 0 radical (unpaired) electrons. The SMILES string of the molecule is CCCCOc1ccc(-c2cn3c(C)csc3n2)cc1. The van der Waals surface area contributed by atoms with Crippen LogP contribution in [0, 0.1) is 6.92 Å². The molecule has 4 heteroatoms. The van der Waals surface area contributed by atoms with Crippen LogP contribution in [0.5, 0.6) is 5.75 Å². The summed E-state index contributed by atoms with van der Waals surface area (Å²) >= 11 is 1.67. The summed E-state index contributed by atoms with van der Waals surface area (Å²) in [5, 5.41) is 2.12. The molecule has 2 heterocycles. The normalized spacial score (nSPS) is 11.1. The molecular weight excluding hydrogens is 268 g/mol. The van der Waals surface area contributed by atoms with Crippen molar-refractivity contribution in [1.82, 2.24) is 9.38 Å². The molecule has 0 spiro atoms. The van der Waals surface area contributed by atoms with E-state index in [2.05, 4.69) is 46.9 Å². The van der Waals surface area contributed by atoms with Gasteiger partial charge in [-0.25, -0.2) is 4.98 Å². The number of imidazole rings is 1. The Bertz CT molecular complexity index is 697. The first kappa shape index (κ1) is 13.2. The minimum atomic E-state index is 0.787. The van der Waals surface area contributed by atoms with Crippen LogP contribution in [0.4, 0.5) is 0 Å². The second kappa shape index (κ2) is 5.67. The van der Waals surface area contributed by atoms with Crippen molar-refractivity contribution < 1.29 is 4.74 Å². The molecule has 20 heavy (non-hydrogen) atoms. The van der Waals surface area contributed by atoms with Crippen molar-refractivity contribution in [3.05, 3.63) is 41.5 Å². The Morgan fingerprint density at radius 3 is 2.75 bits per heavy atom. The third-order valence-corrected chi connectivity index (χ3v) is 4.26. The number of fused-ring (bicyclic) bond motifs is 1. The first-order valence-corrected chi connectivity index (χ1v) is 7.82. The number of nitrogens with zero attached hydrogens (tertiary/aromatic N) is 2. The lowest BCUT2D eigenvalue weighted by atomic mass is 10.1. The molecule has 3 aromatic rings. The first-order valence-electron chi connectivity index (χ1n) is 6.94. The van der Waals surface area contributed by atoms with Gasteiger partial charge in [0.05, 0.1) is 12.3 Å². The molecule has 0 unspecified atom stereocenters. The number of aromatic nitrogens is 2.